The maximum Gasteiger partial charge on any atom is 0.243 e. The summed E-state index contributed by atoms with van der Waals surface area (Å²) in [6.07, 6.45) is 2.35. The normalized spacial score (nSPS) is 11.5. The third kappa shape index (κ3) is 8.76. The average Bonchev–Trinajstić information content (AvgIpc) is 2.92. The minimum atomic E-state index is -0.611. The van der Waals surface area contributed by atoms with Crippen LogP contribution in [0.25, 0.3) is 0 Å². The Balaban J connectivity index is 1.84. The van der Waals surface area contributed by atoms with E-state index in [1.165, 1.54) is 5.56 Å². The molecule has 3 aromatic rings. The lowest BCUT2D eigenvalue weighted by molar-refractivity contribution is -0.139. The van der Waals surface area contributed by atoms with Gasteiger partial charge in [0.25, 0.3) is 0 Å². The molecule has 2 amide bonds. The number of thioether (sulfide) groups is 1. The standard InChI is InChI=1S/C30H36N2O3S/c1-3-4-18-31-30(34)28(20-24-12-7-5-8-13-24)32(21-26-16-11-17-27(19-26)35-2)29(33)23-36-22-25-14-9-6-10-15-25/h5-17,19,28H,3-4,18,20-23H2,1-2H3,(H,31,34). The van der Waals surface area contributed by atoms with Crippen LogP contribution >= 0.6 is 11.8 Å². The Morgan fingerprint density at radius 3 is 2.25 bits per heavy atom. The molecule has 3 rings (SSSR count). The van der Waals surface area contributed by atoms with E-state index in [0.717, 1.165) is 35.5 Å². The predicted molar refractivity (Wildman–Crippen MR) is 148 cm³/mol. The van der Waals surface area contributed by atoms with Crippen LogP contribution in [0.1, 0.15) is 36.5 Å². The molecule has 0 bridgehead atoms. The monoisotopic (exact) mass is 504 g/mol. The first-order valence-corrected chi connectivity index (χ1v) is 13.6. The summed E-state index contributed by atoms with van der Waals surface area (Å²) in [5.41, 5.74) is 3.12. The molecule has 0 fully saturated rings. The Bertz CT molecular complexity index is 1080. The summed E-state index contributed by atoms with van der Waals surface area (Å²) in [6, 6.07) is 27.1. The number of methoxy groups -OCH3 is 1. The van der Waals surface area contributed by atoms with E-state index >= 15 is 0 Å². The van der Waals surface area contributed by atoms with E-state index in [4.69, 9.17) is 4.74 Å². The van der Waals surface area contributed by atoms with E-state index in [0.29, 0.717) is 25.3 Å². The summed E-state index contributed by atoms with van der Waals surface area (Å²) in [5, 5.41) is 3.07. The fraction of sp³-hybridized carbons (Fsp3) is 0.333. The molecule has 1 unspecified atom stereocenters. The molecule has 1 N–H and O–H groups in total. The molecule has 0 heterocycles. The van der Waals surface area contributed by atoms with Crippen LogP contribution < -0.4 is 10.1 Å². The number of hydrogen-bond acceptors (Lipinski definition) is 4. The van der Waals surface area contributed by atoms with Crippen LogP contribution in [0.2, 0.25) is 0 Å². The van der Waals surface area contributed by atoms with Crippen LogP contribution in [0.15, 0.2) is 84.9 Å². The van der Waals surface area contributed by atoms with Gasteiger partial charge in [-0.2, -0.15) is 0 Å². The van der Waals surface area contributed by atoms with E-state index in [2.05, 4.69) is 24.4 Å². The molecule has 0 spiro atoms. The van der Waals surface area contributed by atoms with Gasteiger partial charge < -0.3 is 15.0 Å². The van der Waals surface area contributed by atoms with Crippen molar-refractivity contribution in [2.75, 3.05) is 19.4 Å². The van der Waals surface area contributed by atoms with Gasteiger partial charge in [-0.05, 0) is 35.2 Å². The van der Waals surface area contributed by atoms with Gasteiger partial charge >= 0.3 is 0 Å². The molecule has 3 aromatic carbocycles. The van der Waals surface area contributed by atoms with Crippen molar-refractivity contribution in [2.24, 2.45) is 0 Å². The van der Waals surface area contributed by atoms with E-state index < -0.39 is 6.04 Å². The Hall–Kier alpha value is -3.25. The highest BCUT2D eigenvalue weighted by atomic mass is 32.2. The summed E-state index contributed by atoms with van der Waals surface area (Å²) < 4.78 is 5.39. The summed E-state index contributed by atoms with van der Waals surface area (Å²) in [7, 11) is 1.63. The fourth-order valence-electron chi connectivity index (χ4n) is 3.94. The van der Waals surface area contributed by atoms with Gasteiger partial charge in [-0.25, -0.2) is 0 Å². The number of unbranched alkanes of at least 4 members (excludes halogenated alkanes) is 1. The lowest BCUT2D eigenvalue weighted by atomic mass is 10.0. The van der Waals surface area contributed by atoms with Gasteiger partial charge in [0, 0.05) is 25.3 Å². The quantitative estimate of drug-likeness (QED) is 0.295. The molecule has 1 atom stereocenters. The molecular formula is C30H36N2O3S. The molecule has 0 aromatic heterocycles. The third-order valence-corrected chi connectivity index (χ3v) is 6.91. The zero-order valence-corrected chi connectivity index (χ0v) is 22.0. The van der Waals surface area contributed by atoms with Crippen molar-refractivity contribution in [1.82, 2.24) is 10.2 Å². The predicted octanol–water partition coefficient (Wildman–Crippen LogP) is 5.48. The van der Waals surface area contributed by atoms with E-state index in [9.17, 15) is 9.59 Å². The number of amides is 2. The number of benzene rings is 3. The lowest BCUT2D eigenvalue weighted by Gasteiger charge is -2.31. The van der Waals surface area contributed by atoms with E-state index in [1.807, 2.05) is 72.8 Å². The van der Waals surface area contributed by atoms with Crippen LogP contribution in [0.5, 0.6) is 5.75 Å². The maximum atomic E-state index is 13.7. The van der Waals surface area contributed by atoms with Crippen molar-refractivity contribution in [1.29, 1.82) is 0 Å². The van der Waals surface area contributed by atoms with Gasteiger partial charge in [0.2, 0.25) is 11.8 Å². The number of ether oxygens (including phenoxy) is 1. The molecule has 190 valence electrons. The van der Waals surface area contributed by atoms with Crippen LogP contribution in [0.3, 0.4) is 0 Å². The zero-order valence-electron chi connectivity index (χ0n) is 21.2. The smallest absolute Gasteiger partial charge is 0.243 e. The largest absolute Gasteiger partial charge is 0.497 e. The molecule has 0 aliphatic carbocycles. The summed E-state index contributed by atoms with van der Waals surface area (Å²) in [6.45, 7) is 3.03. The Kier molecular flexibility index (Phi) is 11.4. The number of hydrogen-bond donors (Lipinski definition) is 1. The molecule has 0 saturated heterocycles. The highest BCUT2D eigenvalue weighted by Crippen LogP contribution is 2.20. The number of carbonyl (C=O) groups is 2. The Morgan fingerprint density at radius 2 is 1.58 bits per heavy atom. The molecule has 0 radical (unpaired) electrons. The third-order valence-electron chi connectivity index (χ3n) is 5.92. The first-order chi connectivity index (χ1) is 17.6. The van der Waals surface area contributed by atoms with Crippen molar-refractivity contribution in [3.05, 3.63) is 102 Å². The number of carbonyl (C=O) groups excluding carboxylic acids is 2. The average molecular weight is 505 g/mol. The summed E-state index contributed by atoms with van der Waals surface area (Å²) in [4.78, 5) is 28.8. The van der Waals surface area contributed by atoms with Gasteiger partial charge in [0.15, 0.2) is 0 Å². The highest BCUT2D eigenvalue weighted by Gasteiger charge is 2.30. The van der Waals surface area contributed by atoms with Crippen LogP contribution in [-0.2, 0) is 28.3 Å². The van der Waals surface area contributed by atoms with Crippen molar-refractivity contribution in [3.8, 4) is 5.75 Å². The second-order valence-electron chi connectivity index (χ2n) is 8.70. The maximum absolute atomic E-state index is 13.7. The Labute approximate surface area is 219 Å². The second kappa shape index (κ2) is 15.0. The molecule has 0 aliphatic heterocycles. The summed E-state index contributed by atoms with van der Waals surface area (Å²) >= 11 is 1.57. The van der Waals surface area contributed by atoms with Crippen LogP contribution in [0, 0.1) is 0 Å². The Morgan fingerprint density at radius 1 is 0.917 bits per heavy atom. The van der Waals surface area contributed by atoms with Gasteiger partial charge in [-0.3, -0.25) is 9.59 Å². The molecule has 0 saturated carbocycles. The minimum absolute atomic E-state index is 0.0506. The van der Waals surface area contributed by atoms with Crippen LogP contribution in [-0.4, -0.2) is 42.2 Å². The first-order valence-electron chi connectivity index (χ1n) is 12.5. The van der Waals surface area contributed by atoms with E-state index in [-0.39, 0.29) is 11.8 Å². The number of rotatable bonds is 14. The van der Waals surface area contributed by atoms with E-state index in [1.54, 1.807) is 23.8 Å². The molecule has 6 heteroatoms. The molecule has 5 nitrogen and oxygen atoms in total. The summed E-state index contributed by atoms with van der Waals surface area (Å²) in [5.74, 6) is 1.60. The van der Waals surface area contributed by atoms with Crippen LogP contribution in [0.4, 0.5) is 0 Å². The zero-order chi connectivity index (χ0) is 25.6. The lowest BCUT2D eigenvalue weighted by Crippen LogP contribution is -2.51. The number of nitrogens with one attached hydrogen (secondary N) is 1. The molecule has 0 aliphatic rings. The van der Waals surface area contributed by atoms with Crippen molar-refractivity contribution < 1.29 is 14.3 Å². The van der Waals surface area contributed by atoms with Gasteiger partial charge in [0.1, 0.15) is 11.8 Å². The SMILES string of the molecule is CCCCNC(=O)C(Cc1ccccc1)N(Cc1cccc(OC)c1)C(=O)CSCc1ccccc1. The fourth-order valence-corrected chi connectivity index (χ4v) is 4.81. The molecule has 36 heavy (non-hydrogen) atoms. The molecular weight excluding hydrogens is 468 g/mol. The number of nitrogens with zero attached hydrogens (tertiary/aromatic N) is 1. The topological polar surface area (TPSA) is 58.6 Å². The highest BCUT2D eigenvalue weighted by molar-refractivity contribution is 7.99. The van der Waals surface area contributed by atoms with Gasteiger partial charge in [-0.15, -0.1) is 11.8 Å². The van der Waals surface area contributed by atoms with Crippen molar-refractivity contribution in [2.45, 2.75) is 44.5 Å². The van der Waals surface area contributed by atoms with Crippen molar-refractivity contribution >= 4 is 23.6 Å². The van der Waals surface area contributed by atoms with Crippen molar-refractivity contribution in [3.63, 3.8) is 0 Å². The van der Waals surface area contributed by atoms with Gasteiger partial charge in [-0.1, -0.05) is 86.1 Å². The van der Waals surface area contributed by atoms with Gasteiger partial charge in [0.05, 0.1) is 12.9 Å². The second-order valence-corrected chi connectivity index (χ2v) is 9.69. The first kappa shape index (κ1) is 27.3. The minimum Gasteiger partial charge on any atom is -0.497 e.